The first-order chi connectivity index (χ1) is 14.0. The van der Waals surface area contributed by atoms with Gasteiger partial charge in [-0.25, -0.2) is 4.68 Å². The monoisotopic (exact) mass is 388 g/mol. The first kappa shape index (κ1) is 18.6. The maximum Gasteiger partial charge on any atom is 0.267 e. The number of aromatic nitrogens is 4. The molecule has 146 valence electrons. The predicted molar refractivity (Wildman–Crippen MR) is 109 cm³/mol. The quantitative estimate of drug-likeness (QED) is 0.519. The summed E-state index contributed by atoms with van der Waals surface area (Å²) in [6.45, 7) is 4.20. The van der Waals surface area contributed by atoms with Crippen molar-refractivity contribution < 1.29 is 9.26 Å². The zero-order valence-corrected chi connectivity index (χ0v) is 16.4. The van der Waals surface area contributed by atoms with Crippen LogP contribution in [0.2, 0.25) is 0 Å². The average Bonchev–Trinajstić information content (AvgIpc) is 3.20. The number of benzene rings is 2. The summed E-state index contributed by atoms with van der Waals surface area (Å²) >= 11 is 0. The fraction of sp³-hybridized carbons (Fsp3) is 0.182. The Morgan fingerprint density at radius 3 is 2.66 bits per heavy atom. The summed E-state index contributed by atoms with van der Waals surface area (Å²) in [4.78, 5) is 16.7. The third-order valence-corrected chi connectivity index (χ3v) is 4.75. The molecule has 0 fully saturated rings. The average molecular weight is 388 g/mol. The molecule has 7 heteroatoms. The van der Waals surface area contributed by atoms with Crippen LogP contribution < -0.4 is 10.3 Å². The summed E-state index contributed by atoms with van der Waals surface area (Å²) in [5, 5.41) is 8.48. The Bertz CT molecular complexity index is 1230. The van der Waals surface area contributed by atoms with Gasteiger partial charge in [-0.15, -0.1) is 0 Å². The highest BCUT2D eigenvalue weighted by Gasteiger charge is 2.12. The first-order valence-electron chi connectivity index (χ1n) is 9.16. The maximum absolute atomic E-state index is 12.3. The van der Waals surface area contributed by atoms with E-state index in [1.54, 1.807) is 13.2 Å². The molecule has 29 heavy (non-hydrogen) atoms. The molecule has 0 amide bonds. The summed E-state index contributed by atoms with van der Waals surface area (Å²) in [6.07, 6.45) is 0. The molecule has 0 saturated carbocycles. The van der Waals surface area contributed by atoms with E-state index in [0.29, 0.717) is 23.2 Å². The van der Waals surface area contributed by atoms with E-state index in [9.17, 15) is 4.79 Å². The number of hydrogen-bond acceptors (Lipinski definition) is 6. The van der Waals surface area contributed by atoms with E-state index < -0.39 is 0 Å². The van der Waals surface area contributed by atoms with E-state index >= 15 is 0 Å². The van der Waals surface area contributed by atoms with Crippen LogP contribution in [0.3, 0.4) is 0 Å². The third kappa shape index (κ3) is 3.94. The second-order valence-corrected chi connectivity index (χ2v) is 6.76. The minimum atomic E-state index is -0.237. The normalized spacial score (nSPS) is 10.9. The second-order valence-electron chi connectivity index (χ2n) is 6.76. The summed E-state index contributed by atoms with van der Waals surface area (Å²) in [7, 11) is 1.60. The zero-order valence-electron chi connectivity index (χ0n) is 16.4. The fourth-order valence-corrected chi connectivity index (χ4v) is 2.94. The number of ether oxygens (including phenoxy) is 1. The van der Waals surface area contributed by atoms with Crippen LogP contribution in [0.5, 0.6) is 5.75 Å². The summed E-state index contributed by atoms with van der Waals surface area (Å²) in [5.41, 5.74) is 4.56. The molecule has 0 aliphatic heterocycles. The van der Waals surface area contributed by atoms with Gasteiger partial charge in [0, 0.05) is 17.2 Å². The molecule has 0 N–H and O–H groups in total. The van der Waals surface area contributed by atoms with Crippen molar-refractivity contribution in [2.24, 2.45) is 0 Å². The van der Waals surface area contributed by atoms with E-state index in [2.05, 4.69) is 28.2 Å². The van der Waals surface area contributed by atoms with Gasteiger partial charge in [0.2, 0.25) is 11.7 Å². The first-order valence-corrected chi connectivity index (χ1v) is 9.16. The van der Waals surface area contributed by atoms with Crippen molar-refractivity contribution in [2.75, 3.05) is 7.11 Å². The molecule has 0 saturated heterocycles. The lowest BCUT2D eigenvalue weighted by Gasteiger charge is -2.07. The lowest BCUT2D eigenvalue weighted by Crippen LogP contribution is -2.23. The molecular formula is C22H20N4O3. The van der Waals surface area contributed by atoms with Gasteiger partial charge in [-0.3, -0.25) is 4.79 Å². The Morgan fingerprint density at radius 1 is 1.00 bits per heavy atom. The van der Waals surface area contributed by atoms with Gasteiger partial charge < -0.3 is 9.26 Å². The van der Waals surface area contributed by atoms with E-state index in [4.69, 9.17) is 9.26 Å². The molecule has 0 atom stereocenters. The van der Waals surface area contributed by atoms with Crippen molar-refractivity contribution in [3.63, 3.8) is 0 Å². The van der Waals surface area contributed by atoms with Crippen molar-refractivity contribution in [1.29, 1.82) is 0 Å². The Kier molecular flexibility index (Phi) is 4.95. The number of nitrogens with zero attached hydrogens (tertiary/aromatic N) is 4. The predicted octanol–water partition coefficient (Wildman–Crippen LogP) is 3.63. The third-order valence-electron chi connectivity index (χ3n) is 4.75. The van der Waals surface area contributed by atoms with Crippen LogP contribution in [0.4, 0.5) is 0 Å². The van der Waals surface area contributed by atoms with Gasteiger partial charge in [-0.2, -0.15) is 10.1 Å². The number of methoxy groups -OCH3 is 1. The molecule has 4 aromatic rings. The molecule has 4 rings (SSSR count). The molecule has 0 aliphatic carbocycles. The minimum absolute atomic E-state index is 0.0918. The lowest BCUT2D eigenvalue weighted by molar-refractivity contribution is 0.363. The Morgan fingerprint density at radius 2 is 1.86 bits per heavy atom. The van der Waals surface area contributed by atoms with E-state index in [1.165, 1.54) is 21.9 Å². The fourth-order valence-electron chi connectivity index (χ4n) is 2.94. The highest BCUT2D eigenvalue weighted by atomic mass is 16.5. The lowest BCUT2D eigenvalue weighted by atomic mass is 10.0. The number of rotatable bonds is 5. The molecule has 2 heterocycles. The van der Waals surface area contributed by atoms with Gasteiger partial charge in [0.05, 0.1) is 12.8 Å². The number of aryl methyl sites for hydroxylation is 2. The van der Waals surface area contributed by atoms with Crippen LogP contribution in [0.15, 0.2) is 63.9 Å². The van der Waals surface area contributed by atoms with Gasteiger partial charge in [-0.1, -0.05) is 29.4 Å². The Balaban J connectivity index is 1.62. The van der Waals surface area contributed by atoms with Gasteiger partial charge in [0.25, 0.3) is 5.56 Å². The molecular weight excluding hydrogens is 368 g/mol. The topological polar surface area (TPSA) is 83.0 Å². The van der Waals surface area contributed by atoms with Crippen molar-refractivity contribution >= 4 is 0 Å². The highest BCUT2D eigenvalue weighted by molar-refractivity contribution is 5.60. The summed E-state index contributed by atoms with van der Waals surface area (Å²) in [6, 6.07) is 16.7. The van der Waals surface area contributed by atoms with Gasteiger partial charge >= 0.3 is 0 Å². The molecule has 7 nitrogen and oxygen atoms in total. The van der Waals surface area contributed by atoms with Gasteiger partial charge in [0.1, 0.15) is 12.3 Å². The molecule has 0 spiro atoms. The van der Waals surface area contributed by atoms with Crippen molar-refractivity contribution in [1.82, 2.24) is 19.9 Å². The molecule has 0 bridgehead atoms. The van der Waals surface area contributed by atoms with Crippen molar-refractivity contribution in [2.45, 2.75) is 20.4 Å². The second kappa shape index (κ2) is 7.71. The zero-order chi connectivity index (χ0) is 20.4. The van der Waals surface area contributed by atoms with E-state index in [1.807, 2.05) is 43.3 Å². The number of hydrogen-bond donors (Lipinski definition) is 0. The van der Waals surface area contributed by atoms with Crippen molar-refractivity contribution in [3.8, 4) is 28.4 Å². The summed E-state index contributed by atoms with van der Waals surface area (Å²) in [5.74, 6) is 1.43. The Hall–Kier alpha value is -3.74. The largest absolute Gasteiger partial charge is 0.497 e. The standard InChI is InChI=1S/C22H20N4O3/c1-14-7-8-16(11-15(14)2)19-9-10-21(27)26(24-19)13-20-23-22(25-29-20)17-5-4-6-18(12-17)28-3/h4-12H,13H2,1-3H3. The van der Waals surface area contributed by atoms with E-state index in [0.717, 1.165) is 11.1 Å². The minimum Gasteiger partial charge on any atom is -0.497 e. The van der Waals surface area contributed by atoms with Crippen molar-refractivity contribution in [3.05, 3.63) is 82.0 Å². The molecule has 2 aromatic carbocycles. The Labute approximate surface area is 167 Å². The van der Waals surface area contributed by atoms with Crippen LogP contribution >= 0.6 is 0 Å². The van der Waals surface area contributed by atoms with Gasteiger partial charge in [-0.05, 0) is 49.2 Å². The van der Waals surface area contributed by atoms with Crippen LogP contribution in [-0.2, 0) is 6.54 Å². The van der Waals surface area contributed by atoms with Crippen LogP contribution in [0.25, 0.3) is 22.6 Å². The van der Waals surface area contributed by atoms with Crippen LogP contribution in [0.1, 0.15) is 17.0 Å². The molecule has 0 radical (unpaired) electrons. The van der Waals surface area contributed by atoms with E-state index in [-0.39, 0.29) is 12.1 Å². The summed E-state index contributed by atoms with van der Waals surface area (Å²) < 4.78 is 11.9. The highest BCUT2D eigenvalue weighted by Crippen LogP contribution is 2.22. The smallest absolute Gasteiger partial charge is 0.267 e. The SMILES string of the molecule is COc1cccc(-c2noc(Cn3nc(-c4ccc(C)c(C)c4)ccc3=O)n2)c1. The van der Waals surface area contributed by atoms with Gasteiger partial charge in [0.15, 0.2) is 0 Å². The molecule has 0 unspecified atom stereocenters. The maximum atomic E-state index is 12.3. The van der Waals surface area contributed by atoms with Crippen LogP contribution in [0, 0.1) is 13.8 Å². The molecule has 2 aromatic heterocycles. The molecule has 0 aliphatic rings. The van der Waals surface area contributed by atoms with Crippen LogP contribution in [-0.4, -0.2) is 27.0 Å².